The summed E-state index contributed by atoms with van der Waals surface area (Å²) in [6.45, 7) is 8.29. The zero-order valence-electron chi connectivity index (χ0n) is 14.8. The average molecular weight is 340 g/mol. The number of rotatable bonds is 4. The highest BCUT2D eigenvalue weighted by Crippen LogP contribution is 2.33. The van der Waals surface area contributed by atoms with Crippen LogP contribution in [0.25, 0.3) is 0 Å². The van der Waals surface area contributed by atoms with Gasteiger partial charge in [-0.2, -0.15) is 0 Å². The molecule has 0 bridgehead atoms. The van der Waals surface area contributed by atoms with Gasteiger partial charge in [0.25, 0.3) is 0 Å². The normalized spacial score (nSPS) is 22.8. The van der Waals surface area contributed by atoms with Crippen molar-refractivity contribution in [3.05, 3.63) is 23.8 Å². The third-order valence-corrected chi connectivity index (χ3v) is 6.19. The van der Waals surface area contributed by atoms with Crippen LogP contribution in [-0.4, -0.2) is 21.6 Å². The van der Waals surface area contributed by atoms with Crippen LogP contribution < -0.4 is 9.46 Å². The second-order valence-corrected chi connectivity index (χ2v) is 9.32. The summed E-state index contributed by atoms with van der Waals surface area (Å²) in [5, 5.41) is 0. The molecule has 130 valence electrons. The summed E-state index contributed by atoms with van der Waals surface area (Å²) in [5.41, 5.74) is 0.717. The second kappa shape index (κ2) is 6.81. The highest BCUT2D eigenvalue weighted by Gasteiger charge is 2.28. The van der Waals surface area contributed by atoms with Gasteiger partial charge in [-0.05, 0) is 42.4 Å². The van der Waals surface area contributed by atoms with Crippen molar-refractivity contribution < 1.29 is 13.2 Å². The van der Waals surface area contributed by atoms with Gasteiger partial charge in [0.2, 0.25) is 10.0 Å². The van der Waals surface area contributed by atoms with Gasteiger partial charge in [0.15, 0.2) is 0 Å². The Hall–Kier alpha value is -1.07. The number of nitrogens with one attached hydrogen (secondary N) is 1. The molecule has 1 saturated carbocycles. The minimum atomic E-state index is -3.51. The van der Waals surface area contributed by atoms with Crippen LogP contribution in [0.2, 0.25) is 0 Å². The van der Waals surface area contributed by atoms with Crippen LogP contribution in [0.4, 0.5) is 0 Å². The molecule has 0 spiro atoms. The van der Waals surface area contributed by atoms with Gasteiger partial charge < -0.3 is 4.74 Å². The Bertz CT molecular complexity index is 647. The van der Waals surface area contributed by atoms with E-state index < -0.39 is 10.0 Å². The third-order valence-electron chi connectivity index (χ3n) is 4.71. The van der Waals surface area contributed by atoms with E-state index >= 15 is 0 Å². The van der Waals surface area contributed by atoms with Crippen LogP contribution in [0.1, 0.15) is 58.9 Å². The first-order valence-corrected chi connectivity index (χ1v) is 9.84. The molecule has 2 rings (SSSR count). The van der Waals surface area contributed by atoms with Crippen molar-refractivity contribution in [1.82, 2.24) is 4.72 Å². The van der Waals surface area contributed by atoms with Gasteiger partial charge in [0.05, 0.1) is 12.0 Å². The number of ether oxygens (including phenoxy) is 1. The summed E-state index contributed by atoms with van der Waals surface area (Å²) in [6, 6.07) is 5.16. The fourth-order valence-electron chi connectivity index (χ4n) is 3.20. The zero-order chi connectivity index (χ0) is 17.3. The number of hydrogen-bond donors (Lipinski definition) is 1. The van der Waals surface area contributed by atoms with Gasteiger partial charge in [-0.25, -0.2) is 13.1 Å². The topological polar surface area (TPSA) is 55.4 Å². The summed E-state index contributed by atoms with van der Waals surface area (Å²) >= 11 is 0. The predicted octanol–water partition coefficient (Wildman–Crippen LogP) is 3.85. The molecule has 0 heterocycles. The van der Waals surface area contributed by atoms with Crippen molar-refractivity contribution in [1.29, 1.82) is 0 Å². The molecule has 0 unspecified atom stereocenters. The Morgan fingerprint density at radius 2 is 1.83 bits per heavy atom. The molecular formula is C18H29NO3S. The first-order valence-electron chi connectivity index (χ1n) is 8.36. The van der Waals surface area contributed by atoms with E-state index in [-0.39, 0.29) is 11.5 Å². The Morgan fingerprint density at radius 1 is 1.17 bits per heavy atom. The van der Waals surface area contributed by atoms with Crippen LogP contribution in [0.3, 0.4) is 0 Å². The summed E-state index contributed by atoms with van der Waals surface area (Å²) in [7, 11) is -1.89. The smallest absolute Gasteiger partial charge is 0.240 e. The van der Waals surface area contributed by atoms with E-state index in [1.54, 1.807) is 25.3 Å². The van der Waals surface area contributed by atoms with Crippen LogP contribution in [0, 0.1) is 5.92 Å². The summed E-state index contributed by atoms with van der Waals surface area (Å²) in [6.07, 6.45) is 4.29. The molecule has 1 N–H and O–H groups in total. The number of benzene rings is 1. The molecule has 0 aromatic heterocycles. The Balaban J connectivity index is 2.32. The lowest BCUT2D eigenvalue weighted by molar-refractivity contribution is 0.310. The summed E-state index contributed by atoms with van der Waals surface area (Å²) in [5.74, 6) is 1.11. The monoisotopic (exact) mass is 339 g/mol. The number of methoxy groups -OCH3 is 1. The van der Waals surface area contributed by atoms with Gasteiger partial charge in [-0.1, -0.05) is 40.5 Å². The lowest BCUT2D eigenvalue weighted by Gasteiger charge is -2.29. The maximum Gasteiger partial charge on any atom is 0.240 e. The van der Waals surface area contributed by atoms with Crippen molar-refractivity contribution in [2.24, 2.45) is 5.92 Å². The van der Waals surface area contributed by atoms with Crippen molar-refractivity contribution in [2.45, 2.75) is 69.7 Å². The third kappa shape index (κ3) is 4.27. The SMILES string of the molecule is COc1ccc(S(=O)(=O)N[C@@H]2CCCC[C@H]2C)cc1C(C)(C)C. The molecule has 1 aliphatic carbocycles. The van der Waals surface area contributed by atoms with E-state index in [1.807, 2.05) is 0 Å². The summed E-state index contributed by atoms with van der Waals surface area (Å²) in [4.78, 5) is 0.320. The van der Waals surface area contributed by atoms with E-state index in [4.69, 9.17) is 4.74 Å². The zero-order valence-corrected chi connectivity index (χ0v) is 15.7. The molecule has 0 amide bonds. The maximum absolute atomic E-state index is 12.8. The minimum Gasteiger partial charge on any atom is -0.496 e. The summed E-state index contributed by atoms with van der Waals surface area (Å²) < 4.78 is 33.8. The van der Waals surface area contributed by atoms with Crippen molar-refractivity contribution in [2.75, 3.05) is 7.11 Å². The largest absolute Gasteiger partial charge is 0.496 e. The standard InChI is InChI=1S/C18H29NO3S/c1-13-8-6-7-9-16(13)19-23(20,21)14-10-11-17(22-5)15(12-14)18(2,3)4/h10-13,16,19H,6-9H2,1-5H3/t13-,16-/m1/s1. The molecular weight excluding hydrogens is 310 g/mol. The lowest BCUT2D eigenvalue weighted by atomic mass is 9.86. The number of sulfonamides is 1. The van der Waals surface area contributed by atoms with Crippen molar-refractivity contribution >= 4 is 10.0 Å². The Morgan fingerprint density at radius 3 is 2.39 bits per heavy atom. The van der Waals surface area contributed by atoms with Crippen LogP contribution in [0.15, 0.2) is 23.1 Å². The van der Waals surface area contributed by atoms with Gasteiger partial charge in [0.1, 0.15) is 5.75 Å². The first kappa shape index (κ1) is 18.3. The van der Waals surface area contributed by atoms with Gasteiger partial charge in [0, 0.05) is 11.6 Å². The Labute approximate surface area is 140 Å². The lowest BCUT2D eigenvalue weighted by Crippen LogP contribution is -2.41. The maximum atomic E-state index is 12.8. The average Bonchev–Trinajstić information content (AvgIpc) is 2.48. The molecule has 0 aliphatic heterocycles. The van der Waals surface area contributed by atoms with E-state index in [0.717, 1.165) is 30.6 Å². The fraction of sp³-hybridized carbons (Fsp3) is 0.667. The molecule has 0 saturated heterocycles. The van der Waals surface area contributed by atoms with Crippen molar-refractivity contribution in [3.8, 4) is 5.75 Å². The van der Waals surface area contributed by atoms with Gasteiger partial charge in [-0.15, -0.1) is 0 Å². The molecule has 5 heteroatoms. The van der Waals surface area contributed by atoms with Crippen LogP contribution >= 0.6 is 0 Å². The van der Waals surface area contributed by atoms with E-state index in [0.29, 0.717) is 10.8 Å². The van der Waals surface area contributed by atoms with E-state index in [1.165, 1.54) is 6.42 Å². The molecule has 1 fully saturated rings. The fourth-order valence-corrected chi connectivity index (χ4v) is 4.60. The molecule has 1 aromatic rings. The molecule has 2 atom stereocenters. The number of hydrogen-bond acceptors (Lipinski definition) is 3. The highest BCUT2D eigenvalue weighted by molar-refractivity contribution is 7.89. The van der Waals surface area contributed by atoms with Crippen LogP contribution in [0.5, 0.6) is 5.75 Å². The van der Waals surface area contributed by atoms with E-state index in [9.17, 15) is 8.42 Å². The van der Waals surface area contributed by atoms with Gasteiger partial charge >= 0.3 is 0 Å². The molecule has 1 aliphatic rings. The minimum absolute atomic E-state index is 0.0361. The molecule has 4 nitrogen and oxygen atoms in total. The molecule has 1 aromatic carbocycles. The second-order valence-electron chi connectivity index (χ2n) is 7.60. The van der Waals surface area contributed by atoms with Crippen LogP contribution in [-0.2, 0) is 15.4 Å². The Kier molecular flexibility index (Phi) is 5.41. The first-order chi connectivity index (χ1) is 10.6. The highest BCUT2D eigenvalue weighted by atomic mass is 32.2. The molecule has 0 radical (unpaired) electrons. The van der Waals surface area contributed by atoms with E-state index in [2.05, 4.69) is 32.4 Å². The molecule has 23 heavy (non-hydrogen) atoms. The predicted molar refractivity (Wildman–Crippen MR) is 93.4 cm³/mol. The quantitative estimate of drug-likeness (QED) is 0.906. The van der Waals surface area contributed by atoms with Gasteiger partial charge in [-0.3, -0.25) is 0 Å². The van der Waals surface area contributed by atoms with Crippen molar-refractivity contribution in [3.63, 3.8) is 0 Å².